The maximum Gasteiger partial charge on any atom is 0.339 e. The van der Waals surface area contributed by atoms with Crippen LogP contribution in [-0.4, -0.2) is 20.9 Å². The van der Waals surface area contributed by atoms with Crippen LogP contribution in [0.5, 0.6) is 0 Å². The Bertz CT molecular complexity index is 379. The molecule has 1 heterocycles. The normalized spacial score (nSPS) is 11.1. The lowest BCUT2D eigenvalue weighted by Crippen LogP contribution is -2.12. The van der Waals surface area contributed by atoms with Gasteiger partial charge in [-0.2, -0.15) is 5.10 Å². The number of aryl methyl sites for hydroxylation is 1. The van der Waals surface area contributed by atoms with Crippen molar-refractivity contribution in [3.63, 3.8) is 0 Å². The van der Waals surface area contributed by atoms with Gasteiger partial charge in [-0.15, -0.1) is 0 Å². The monoisotopic (exact) mass is 224 g/mol. The van der Waals surface area contributed by atoms with Crippen molar-refractivity contribution in [1.82, 2.24) is 9.78 Å². The molecular formula is C12H20N2O2. The zero-order valence-corrected chi connectivity index (χ0v) is 10.4. The van der Waals surface area contributed by atoms with Crippen molar-refractivity contribution in [3.05, 3.63) is 17.0 Å². The van der Waals surface area contributed by atoms with E-state index in [2.05, 4.69) is 18.9 Å². The first kappa shape index (κ1) is 12.7. The van der Waals surface area contributed by atoms with Gasteiger partial charge in [0.1, 0.15) is 5.56 Å². The molecule has 0 unspecified atom stereocenters. The Balaban J connectivity index is 2.98. The smallest absolute Gasteiger partial charge is 0.339 e. The van der Waals surface area contributed by atoms with Crippen LogP contribution in [-0.2, 0) is 6.54 Å². The van der Waals surface area contributed by atoms with Crippen LogP contribution in [0.4, 0.5) is 0 Å². The topological polar surface area (TPSA) is 55.1 Å². The Morgan fingerprint density at radius 1 is 1.38 bits per heavy atom. The third kappa shape index (κ3) is 2.43. The van der Waals surface area contributed by atoms with Crippen molar-refractivity contribution in [2.24, 2.45) is 5.92 Å². The first-order chi connectivity index (χ1) is 7.51. The summed E-state index contributed by atoms with van der Waals surface area (Å²) in [6.45, 7) is 8.69. The molecule has 1 aromatic rings. The second kappa shape index (κ2) is 5.14. The highest BCUT2D eigenvalue weighted by Gasteiger charge is 2.18. The molecule has 90 valence electrons. The highest BCUT2D eigenvalue weighted by atomic mass is 16.4. The average molecular weight is 224 g/mol. The van der Waals surface area contributed by atoms with Crippen LogP contribution in [0.25, 0.3) is 0 Å². The number of hydrogen-bond donors (Lipinski definition) is 1. The van der Waals surface area contributed by atoms with E-state index in [0.29, 0.717) is 17.2 Å². The summed E-state index contributed by atoms with van der Waals surface area (Å²) in [5, 5.41) is 13.4. The maximum atomic E-state index is 11.0. The molecule has 0 radical (unpaired) electrons. The van der Waals surface area contributed by atoms with Crippen LogP contribution in [0, 0.1) is 19.8 Å². The Morgan fingerprint density at radius 3 is 2.31 bits per heavy atom. The van der Waals surface area contributed by atoms with Crippen molar-refractivity contribution in [2.75, 3.05) is 0 Å². The largest absolute Gasteiger partial charge is 0.478 e. The average Bonchev–Trinajstić information content (AvgIpc) is 2.50. The quantitative estimate of drug-likeness (QED) is 0.836. The lowest BCUT2D eigenvalue weighted by atomic mass is 10.0. The van der Waals surface area contributed by atoms with Crippen LogP contribution in [0.2, 0.25) is 0 Å². The fourth-order valence-corrected chi connectivity index (χ4v) is 1.98. The van der Waals surface area contributed by atoms with Crippen molar-refractivity contribution >= 4 is 5.97 Å². The third-order valence-corrected chi connectivity index (χ3v) is 3.18. The van der Waals surface area contributed by atoms with Crippen LogP contribution >= 0.6 is 0 Å². The SMILES string of the molecule is CCC(CC)Cn1nc(C)c(C(=O)O)c1C. The molecule has 1 N–H and O–H groups in total. The molecule has 1 rings (SSSR count). The van der Waals surface area contributed by atoms with Crippen molar-refractivity contribution in [2.45, 2.75) is 47.1 Å². The van der Waals surface area contributed by atoms with Gasteiger partial charge in [0.25, 0.3) is 0 Å². The van der Waals surface area contributed by atoms with Gasteiger partial charge in [-0.05, 0) is 19.8 Å². The summed E-state index contributed by atoms with van der Waals surface area (Å²) in [6.07, 6.45) is 2.19. The van der Waals surface area contributed by atoms with Gasteiger partial charge in [0.05, 0.1) is 11.4 Å². The molecule has 1 aromatic heterocycles. The fourth-order valence-electron chi connectivity index (χ4n) is 1.98. The molecular weight excluding hydrogens is 204 g/mol. The van der Waals surface area contributed by atoms with Gasteiger partial charge in [-0.3, -0.25) is 4.68 Å². The number of aromatic nitrogens is 2. The second-order valence-corrected chi connectivity index (χ2v) is 4.22. The summed E-state index contributed by atoms with van der Waals surface area (Å²) >= 11 is 0. The molecule has 16 heavy (non-hydrogen) atoms. The number of carbonyl (C=O) groups is 1. The zero-order chi connectivity index (χ0) is 12.3. The highest BCUT2D eigenvalue weighted by Crippen LogP contribution is 2.17. The van der Waals surface area contributed by atoms with E-state index >= 15 is 0 Å². The van der Waals surface area contributed by atoms with Gasteiger partial charge >= 0.3 is 5.97 Å². The predicted octanol–water partition coefficient (Wildman–Crippen LogP) is 2.63. The van der Waals surface area contributed by atoms with Crippen molar-refractivity contribution in [1.29, 1.82) is 0 Å². The zero-order valence-electron chi connectivity index (χ0n) is 10.4. The number of carboxylic acids is 1. The molecule has 0 aromatic carbocycles. The summed E-state index contributed by atoms with van der Waals surface area (Å²) in [6, 6.07) is 0. The lowest BCUT2D eigenvalue weighted by molar-refractivity contribution is 0.0695. The number of rotatable bonds is 5. The van der Waals surface area contributed by atoms with Gasteiger partial charge < -0.3 is 5.11 Å². The maximum absolute atomic E-state index is 11.0. The van der Waals surface area contributed by atoms with Crippen molar-refractivity contribution < 1.29 is 9.90 Å². The number of hydrogen-bond acceptors (Lipinski definition) is 2. The summed E-state index contributed by atoms with van der Waals surface area (Å²) in [4.78, 5) is 11.0. The molecule has 0 amide bonds. The van der Waals surface area contributed by atoms with E-state index in [9.17, 15) is 4.79 Å². The molecule has 0 aliphatic carbocycles. The molecule has 4 heteroatoms. The van der Waals surface area contributed by atoms with Gasteiger partial charge in [0, 0.05) is 6.54 Å². The molecule has 0 bridgehead atoms. The minimum Gasteiger partial charge on any atom is -0.478 e. The number of aromatic carboxylic acids is 1. The molecule has 0 spiro atoms. The van der Waals surface area contributed by atoms with Crippen LogP contribution in [0.3, 0.4) is 0 Å². The van der Waals surface area contributed by atoms with E-state index in [4.69, 9.17) is 5.11 Å². The second-order valence-electron chi connectivity index (χ2n) is 4.22. The summed E-state index contributed by atoms with van der Waals surface area (Å²) in [5.74, 6) is -0.314. The number of carboxylic acid groups (broad SMARTS) is 1. The highest BCUT2D eigenvalue weighted by molar-refractivity contribution is 5.90. The first-order valence-corrected chi connectivity index (χ1v) is 5.78. The van der Waals surface area contributed by atoms with Gasteiger partial charge in [-0.25, -0.2) is 4.79 Å². The minimum atomic E-state index is -0.884. The fraction of sp³-hybridized carbons (Fsp3) is 0.667. The summed E-state index contributed by atoms with van der Waals surface area (Å²) in [7, 11) is 0. The number of nitrogens with zero attached hydrogens (tertiary/aromatic N) is 2. The minimum absolute atomic E-state index is 0.353. The summed E-state index contributed by atoms with van der Waals surface area (Å²) in [5.41, 5.74) is 1.72. The Labute approximate surface area is 96.3 Å². The Kier molecular flexibility index (Phi) is 4.10. The van der Waals surface area contributed by atoms with E-state index < -0.39 is 5.97 Å². The van der Waals surface area contributed by atoms with Gasteiger partial charge in [0.15, 0.2) is 0 Å². The third-order valence-electron chi connectivity index (χ3n) is 3.18. The van der Waals surface area contributed by atoms with E-state index in [0.717, 1.165) is 25.1 Å². The van der Waals surface area contributed by atoms with Gasteiger partial charge in [-0.1, -0.05) is 26.7 Å². The standard InChI is InChI=1S/C12H20N2O2/c1-5-10(6-2)7-14-9(4)11(12(15)16)8(3)13-14/h10H,5-7H2,1-4H3,(H,15,16). The molecule has 0 aliphatic rings. The Morgan fingerprint density at radius 2 is 1.94 bits per heavy atom. The van der Waals surface area contributed by atoms with Crippen molar-refractivity contribution in [3.8, 4) is 0 Å². The van der Waals surface area contributed by atoms with Crippen LogP contribution < -0.4 is 0 Å². The van der Waals surface area contributed by atoms with Crippen LogP contribution in [0.15, 0.2) is 0 Å². The molecule has 0 saturated heterocycles. The van der Waals surface area contributed by atoms with E-state index in [1.807, 2.05) is 11.6 Å². The van der Waals surface area contributed by atoms with E-state index in [1.165, 1.54) is 0 Å². The molecule has 4 nitrogen and oxygen atoms in total. The molecule has 0 fully saturated rings. The molecule has 0 saturated carbocycles. The van der Waals surface area contributed by atoms with E-state index in [1.54, 1.807) is 6.92 Å². The first-order valence-electron chi connectivity index (χ1n) is 5.78. The molecule has 0 atom stereocenters. The van der Waals surface area contributed by atoms with Gasteiger partial charge in [0.2, 0.25) is 0 Å². The summed E-state index contributed by atoms with van der Waals surface area (Å²) < 4.78 is 1.83. The lowest BCUT2D eigenvalue weighted by Gasteiger charge is -2.13. The van der Waals surface area contributed by atoms with E-state index in [-0.39, 0.29) is 0 Å². The molecule has 0 aliphatic heterocycles. The predicted molar refractivity (Wildman–Crippen MR) is 62.7 cm³/mol. The Hall–Kier alpha value is -1.32. The van der Waals surface area contributed by atoms with Crippen LogP contribution in [0.1, 0.15) is 48.4 Å².